The standard InChI is InChI=1S/C14H19NO2/c1-10-4-2-3-5-12(10)8-14(17)15-9-11-6-13(16)7-11/h2-5,11,13,16H,6-9H2,1H3,(H,15,17). The molecule has 0 atom stereocenters. The van der Waals surface area contributed by atoms with Crippen LogP contribution in [0.25, 0.3) is 0 Å². The maximum absolute atomic E-state index is 11.7. The third-order valence-electron chi connectivity index (χ3n) is 3.41. The number of hydrogen-bond acceptors (Lipinski definition) is 2. The summed E-state index contributed by atoms with van der Waals surface area (Å²) in [5.74, 6) is 0.534. The molecule has 2 N–H and O–H groups in total. The molecule has 1 aromatic carbocycles. The van der Waals surface area contributed by atoms with E-state index in [1.165, 1.54) is 0 Å². The molecule has 0 saturated heterocycles. The van der Waals surface area contributed by atoms with Crippen LogP contribution >= 0.6 is 0 Å². The molecule has 0 bridgehead atoms. The lowest BCUT2D eigenvalue weighted by molar-refractivity contribution is -0.121. The Morgan fingerprint density at radius 1 is 1.41 bits per heavy atom. The van der Waals surface area contributed by atoms with Crippen LogP contribution in [-0.2, 0) is 11.2 Å². The molecule has 0 spiro atoms. The lowest BCUT2D eigenvalue weighted by atomic mass is 9.82. The second-order valence-corrected chi connectivity index (χ2v) is 4.90. The molecule has 92 valence electrons. The van der Waals surface area contributed by atoms with Crippen molar-refractivity contribution >= 4 is 5.91 Å². The molecule has 1 saturated carbocycles. The number of aryl methyl sites for hydroxylation is 1. The zero-order valence-corrected chi connectivity index (χ0v) is 10.1. The Kier molecular flexibility index (Phi) is 3.79. The van der Waals surface area contributed by atoms with Crippen molar-refractivity contribution in [1.29, 1.82) is 0 Å². The molecule has 3 heteroatoms. The van der Waals surface area contributed by atoms with E-state index >= 15 is 0 Å². The Bertz CT molecular complexity index is 397. The maximum atomic E-state index is 11.7. The van der Waals surface area contributed by atoms with E-state index in [1.54, 1.807) is 0 Å². The second kappa shape index (κ2) is 5.32. The molecule has 0 aliphatic heterocycles. The highest BCUT2D eigenvalue weighted by Gasteiger charge is 2.27. The van der Waals surface area contributed by atoms with E-state index < -0.39 is 0 Å². The number of amides is 1. The molecule has 0 radical (unpaired) electrons. The summed E-state index contributed by atoms with van der Waals surface area (Å²) < 4.78 is 0. The molecule has 0 aromatic heterocycles. The minimum atomic E-state index is -0.145. The van der Waals surface area contributed by atoms with Crippen molar-refractivity contribution in [3.63, 3.8) is 0 Å². The zero-order chi connectivity index (χ0) is 12.3. The van der Waals surface area contributed by atoms with Crippen molar-refractivity contribution in [2.24, 2.45) is 5.92 Å². The monoisotopic (exact) mass is 233 g/mol. The quantitative estimate of drug-likeness (QED) is 0.826. The molecule has 1 aliphatic carbocycles. The fraction of sp³-hybridized carbons (Fsp3) is 0.500. The number of aliphatic hydroxyl groups is 1. The summed E-state index contributed by atoms with van der Waals surface area (Å²) in [4.78, 5) is 11.7. The molecule has 17 heavy (non-hydrogen) atoms. The van der Waals surface area contributed by atoms with E-state index in [1.807, 2.05) is 31.2 Å². The Labute approximate surface area is 102 Å². The highest BCUT2D eigenvalue weighted by Crippen LogP contribution is 2.26. The van der Waals surface area contributed by atoms with Crippen LogP contribution in [0.5, 0.6) is 0 Å². The van der Waals surface area contributed by atoms with Gasteiger partial charge in [-0.15, -0.1) is 0 Å². The van der Waals surface area contributed by atoms with Crippen molar-refractivity contribution in [2.45, 2.75) is 32.3 Å². The molecule has 1 aromatic rings. The predicted octanol–water partition coefficient (Wildman–Crippen LogP) is 1.42. The van der Waals surface area contributed by atoms with E-state index in [9.17, 15) is 4.79 Å². The van der Waals surface area contributed by atoms with Gasteiger partial charge in [0.05, 0.1) is 12.5 Å². The highest BCUT2D eigenvalue weighted by molar-refractivity contribution is 5.78. The third kappa shape index (κ3) is 3.30. The van der Waals surface area contributed by atoms with Crippen LogP contribution < -0.4 is 5.32 Å². The van der Waals surface area contributed by atoms with E-state index in [2.05, 4.69) is 5.32 Å². The minimum Gasteiger partial charge on any atom is -0.393 e. The minimum absolute atomic E-state index is 0.0701. The van der Waals surface area contributed by atoms with Gasteiger partial charge in [-0.3, -0.25) is 4.79 Å². The Morgan fingerprint density at radius 3 is 2.76 bits per heavy atom. The van der Waals surface area contributed by atoms with Gasteiger partial charge in [0, 0.05) is 6.54 Å². The van der Waals surface area contributed by atoms with E-state index in [4.69, 9.17) is 5.11 Å². The number of carbonyl (C=O) groups excluding carboxylic acids is 1. The molecule has 3 nitrogen and oxygen atoms in total. The number of carbonyl (C=O) groups is 1. The molecule has 1 amide bonds. The number of aliphatic hydroxyl groups excluding tert-OH is 1. The van der Waals surface area contributed by atoms with Gasteiger partial charge in [0.15, 0.2) is 0 Å². The van der Waals surface area contributed by atoms with Gasteiger partial charge in [-0.25, -0.2) is 0 Å². The Hall–Kier alpha value is -1.35. The first-order chi connectivity index (χ1) is 8.15. The molecule has 0 heterocycles. The first-order valence-corrected chi connectivity index (χ1v) is 6.14. The summed E-state index contributed by atoms with van der Waals surface area (Å²) in [5, 5.41) is 12.1. The Balaban J connectivity index is 1.76. The van der Waals surface area contributed by atoms with Gasteiger partial charge in [0.1, 0.15) is 0 Å². The maximum Gasteiger partial charge on any atom is 0.224 e. The molecule has 1 fully saturated rings. The number of rotatable bonds is 4. The predicted molar refractivity (Wildman–Crippen MR) is 66.6 cm³/mol. The summed E-state index contributed by atoms with van der Waals surface area (Å²) in [6.07, 6.45) is 1.95. The van der Waals surface area contributed by atoms with E-state index in [-0.39, 0.29) is 12.0 Å². The molecule has 1 aliphatic rings. The van der Waals surface area contributed by atoms with Gasteiger partial charge < -0.3 is 10.4 Å². The molecule has 0 unspecified atom stereocenters. The average molecular weight is 233 g/mol. The van der Waals surface area contributed by atoms with E-state index in [0.717, 1.165) is 24.0 Å². The smallest absolute Gasteiger partial charge is 0.224 e. The number of nitrogens with one attached hydrogen (secondary N) is 1. The van der Waals surface area contributed by atoms with Gasteiger partial charge in [0.2, 0.25) is 5.91 Å². The summed E-state index contributed by atoms with van der Waals surface area (Å²) in [6, 6.07) is 7.94. The average Bonchev–Trinajstić information content (AvgIpc) is 2.26. The van der Waals surface area contributed by atoms with Crippen LogP contribution in [0.4, 0.5) is 0 Å². The van der Waals surface area contributed by atoms with Gasteiger partial charge in [-0.1, -0.05) is 24.3 Å². The van der Waals surface area contributed by atoms with Crippen molar-refractivity contribution in [3.8, 4) is 0 Å². The van der Waals surface area contributed by atoms with Crippen LogP contribution in [0.3, 0.4) is 0 Å². The third-order valence-corrected chi connectivity index (χ3v) is 3.41. The van der Waals surface area contributed by atoms with Gasteiger partial charge >= 0.3 is 0 Å². The van der Waals surface area contributed by atoms with Gasteiger partial charge in [-0.05, 0) is 36.8 Å². The molecular weight excluding hydrogens is 214 g/mol. The van der Waals surface area contributed by atoms with E-state index in [0.29, 0.717) is 18.9 Å². The van der Waals surface area contributed by atoms with Crippen LogP contribution in [0, 0.1) is 12.8 Å². The van der Waals surface area contributed by atoms with Crippen molar-refractivity contribution in [3.05, 3.63) is 35.4 Å². The zero-order valence-electron chi connectivity index (χ0n) is 10.1. The van der Waals surface area contributed by atoms with Crippen LogP contribution in [0.1, 0.15) is 24.0 Å². The van der Waals surface area contributed by atoms with Crippen molar-refractivity contribution in [1.82, 2.24) is 5.32 Å². The lowest BCUT2D eigenvalue weighted by Crippen LogP contribution is -2.38. The molecular formula is C14H19NO2. The normalized spacial score (nSPS) is 22.9. The molecule has 2 rings (SSSR count). The SMILES string of the molecule is Cc1ccccc1CC(=O)NCC1CC(O)C1. The first kappa shape index (κ1) is 12.1. The summed E-state index contributed by atoms with van der Waals surface area (Å²) in [5.41, 5.74) is 2.24. The second-order valence-electron chi connectivity index (χ2n) is 4.90. The van der Waals surface area contributed by atoms with Crippen LogP contribution in [0.2, 0.25) is 0 Å². The Morgan fingerprint density at radius 2 is 2.12 bits per heavy atom. The lowest BCUT2D eigenvalue weighted by Gasteiger charge is -2.31. The highest BCUT2D eigenvalue weighted by atomic mass is 16.3. The van der Waals surface area contributed by atoms with Crippen LogP contribution in [-0.4, -0.2) is 23.7 Å². The topological polar surface area (TPSA) is 49.3 Å². The van der Waals surface area contributed by atoms with Crippen molar-refractivity contribution < 1.29 is 9.90 Å². The number of benzene rings is 1. The summed E-state index contributed by atoms with van der Waals surface area (Å²) in [6.45, 7) is 2.71. The largest absolute Gasteiger partial charge is 0.393 e. The fourth-order valence-electron chi connectivity index (χ4n) is 2.17. The number of hydrogen-bond donors (Lipinski definition) is 2. The van der Waals surface area contributed by atoms with Crippen molar-refractivity contribution in [2.75, 3.05) is 6.54 Å². The van der Waals surface area contributed by atoms with Gasteiger partial charge in [-0.2, -0.15) is 0 Å². The summed E-state index contributed by atoms with van der Waals surface area (Å²) in [7, 11) is 0. The van der Waals surface area contributed by atoms with Gasteiger partial charge in [0.25, 0.3) is 0 Å². The fourth-order valence-corrected chi connectivity index (χ4v) is 2.17. The first-order valence-electron chi connectivity index (χ1n) is 6.14. The van der Waals surface area contributed by atoms with Crippen LogP contribution in [0.15, 0.2) is 24.3 Å². The summed E-state index contributed by atoms with van der Waals surface area (Å²) >= 11 is 0.